The Kier molecular flexibility index (Phi) is 7.59. The first-order valence-electron chi connectivity index (χ1n) is 9.83. The standard InChI is InChI=1S/C22H25ClN4O2S2/c1-13(2)24-12-22(3,4)31-14-9-10-17-18(11-14)30-21(25-17)27-20(29)26-19(28)15-7-5-6-8-16(15)23/h5-11,13,24H,12H2,1-4H3,(H2,25,26,27,28,29). The Hall–Kier alpha value is -2.13. The van der Waals surface area contributed by atoms with Crippen molar-refractivity contribution in [3.8, 4) is 0 Å². The third-order valence-corrected chi connectivity index (χ3v) is 6.71. The fourth-order valence-corrected chi connectivity index (χ4v) is 5.07. The summed E-state index contributed by atoms with van der Waals surface area (Å²) >= 11 is 9.16. The van der Waals surface area contributed by atoms with E-state index >= 15 is 0 Å². The number of thiazole rings is 1. The monoisotopic (exact) mass is 476 g/mol. The van der Waals surface area contributed by atoms with Gasteiger partial charge in [0.2, 0.25) is 0 Å². The van der Waals surface area contributed by atoms with Gasteiger partial charge in [0, 0.05) is 22.2 Å². The first-order valence-corrected chi connectivity index (χ1v) is 11.8. The molecule has 164 valence electrons. The van der Waals surface area contributed by atoms with Gasteiger partial charge in [-0.1, -0.05) is 48.9 Å². The smallest absolute Gasteiger partial charge is 0.313 e. The molecule has 0 aliphatic rings. The number of nitrogens with zero attached hydrogens (tertiary/aromatic N) is 1. The summed E-state index contributed by atoms with van der Waals surface area (Å²) in [6.45, 7) is 9.57. The molecule has 0 aliphatic carbocycles. The Morgan fingerprint density at radius 2 is 1.94 bits per heavy atom. The van der Waals surface area contributed by atoms with Gasteiger partial charge in [0.05, 0.1) is 20.8 Å². The highest BCUT2D eigenvalue weighted by atomic mass is 35.5. The van der Waals surface area contributed by atoms with Crippen LogP contribution in [0.25, 0.3) is 10.2 Å². The van der Waals surface area contributed by atoms with Gasteiger partial charge >= 0.3 is 6.03 Å². The third kappa shape index (κ3) is 6.67. The number of rotatable bonds is 7. The van der Waals surface area contributed by atoms with Crippen molar-refractivity contribution >= 4 is 62.0 Å². The van der Waals surface area contributed by atoms with E-state index in [0.29, 0.717) is 11.2 Å². The Morgan fingerprint density at radius 3 is 2.65 bits per heavy atom. The van der Waals surface area contributed by atoms with Crippen LogP contribution in [0.15, 0.2) is 47.4 Å². The largest absolute Gasteiger partial charge is 0.327 e. The molecule has 0 atom stereocenters. The van der Waals surface area contributed by atoms with E-state index in [0.717, 1.165) is 21.7 Å². The third-order valence-electron chi connectivity index (χ3n) is 4.26. The second-order valence-electron chi connectivity index (χ2n) is 7.93. The molecule has 0 bridgehead atoms. The van der Waals surface area contributed by atoms with Crippen LogP contribution in [0.4, 0.5) is 9.93 Å². The molecule has 0 saturated carbocycles. The fraction of sp³-hybridized carbons (Fsp3) is 0.318. The highest BCUT2D eigenvalue weighted by molar-refractivity contribution is 8.00. The molecule has 6 nitrogen and oxygen atoms in total. The van der Waals surface area contributed by atoms with Crippen molar-refractivity contribution in [2.45, 2.75) is 43.4 Å². The summed E-state index contributed by atoms with van der Waals surface area (Å²) in [5, 5.41) is 9.09. The van der Waals surface area contributed by atoms with Crippen molar-refractivity contribution in [1.82, 2.24) is 15.6 Å². The van der Waals surface area contributed by atoms with Gasteiger partial charge in [0.15, 0.2) is 5.13 Å². The summed E-state index contributed by atoms with van der Waals surface area (Å²) in [7, 11) is 0. The summed E-state index contributed by atoms with van der Waals surface area (Å²) < 4.78 is 0.994. The molecule has 3 aromatic rings. The van der Waals surface area contributed by atoms with E-state index in [4.69, 9.17) is 11.6 Å². The van der Waals surface area contributed by atoms with Gasteiger partial charge in [-0.2, -0.15) is 0 Å². The van der Waals surface area contributed by atoms with Crippen molar-refractivity contribution < 1.29 is 9.59 Å². The number of benzene rings is 2. The number of carbonyl (C=O) groups is 2. The quantitative estimate of drug-likeness (QED) is 0.376. The lowest BCUT2D eigenvalue weighted by Crippen LogP contribution is -2.36. The van der Waals surface area contributed by atoms with Crippen molar-refractivity contribution in [3.05, 3.63) is 53.1 Å². The van der Waals surface area contributed by atoms with E-state index in [9.17, 15) is 9.59 Å². The number of imide groups is 1. The molecule has 31 heavy (non-hydrogen) atoms. The summed E-state index contributed by atoms with van der Waals surface area (Å²) in [5.74, 6) is -0.569. The van der Waals surface area contributed by atoms with Crippen LogP contribution >= 0.6 is 34.7 Å². The molecular formula is C22H25ClN4O2S2. The molecule has 0 radical (unpaired) electrons. The van der Waals surface area contributed by atoms with Gasteiger partial charge in [0.1, 0.15) is 0 Å². The summed E-state index contributed by atoms with van der Waals surface area (Å²) in [6, 6.07) is 12.4. The van der Waals surface area contributed by atoms with E-state index in [1.165, 1.54) is 11.3 Å². The number of carbonyl (C=O) groups excluding carboxylic acids is 2. The van der Waals surface area contributed by atoms with Crippen LogP contribution in [0.1, 0.15) is 38.1 Å². The van der Waals surface area contributed by atoms with Crippen LogP contribution in [-0.2, 0) is 0 Å². The zero-order valence-corrected chi connectivity index (χ0v) is 20.2. The highest BCUT2D eigenvalue weighted by Crippen LogP contribution is 2.36. The number of amides is 3. The van der Waals surface area contributed by atoms with Gasteiger partial charge < -0.3 is 5.32 Å². The number of thioether (sulfide) groups is 1. The molecule has 0 fully saturated rings. The van der Waals surface area contributed by atoms with Crippen LogP contribution < -0.4 is 16.0 Å². The van der Waals surface area contributed by atoms with E-state index in [1.807, 2.05) is 12.1 Å². The molecule has 1 heterocycles. The lowest BCUT2D eigenvalue weighted by molar-refractivity contribution is 0.0967. The zero-order chi connectivity index (χ0) is 22.6. The maximum atomic E-state index is 12.2. The second-order valence-corrected chi connectivity index (χ2v) is 11.2. The van der Waals surface area contributed by atoms with Crippen molar-refractivity contribution in [1.29, 1.82) is 0 Å². The lowest BCUT2D eigenvalue weighted by atomic mass is 10.2. The molecule has 3 amide bonds. The van der Waals surface area contributed by atoms with E-state index in [1.54, 1.807) is 36.0 Å². The number of aromatic nitrogens is 1. The van der Waals surface area contributed by atoms with Gasteiger partial charge in [-0.05, 0) is 44.2 Å². The average Bonchev–Trinajstić information content (AvgIpc) is 3.07. The molecule has 2 aromatic carbocycles. The van der Waals surface area contributed by atoms with Gasteiger partial charge in [-0.25, -0.2) is 9.78 Å². The normalized spacial score (nSPS) is 11.7. The molecule has 0 aliphatic heterocycles. The average molecular weight is 477 g/mol. The van der Waals surface area contributed by atoms with E-state index in [2.05, 4.69) is 54.7 Å². The van der Waals surface area contributed by atoms with Crippen LogP contribution in [-0.4, -0.2) is 34.3 Å². The van der Waals surface area contributed by atoms with Gasteiger partial charge in [0.25, 0.3) is 5.91 Å². The van der Waals surface area contributed by atoms with Crippen molar-refractivity contribution in [2.75, 3.05) is 11.9 Å². The molecule has 0 spiro atoms. The maximum Gasteiger partial charge on any atom is 0.327 e. The Morgan fingerprint density at radius 1 is 1.19 bits per heavy atom. The minimum absolute atomic E-state index is 0.0304. The summed E-state index contributed by atoms with van der Waals surface area (Å²) in [4.78, 5) is 30.0. The minimum atomic E-state index is -0.653. The highest BCUT2D eigenvalue weighted by Gasteiger charge is 2.20. The van der Waals surface area contributed by atoms with E-state index in [-0.39, 0.29) is 15.3 Å². The topological polar surface area (TPSA) is 83.1 Å². The molecule has 3 N–H and O–H groups in total. The first kappa shape index (κ1) is 23.5. The molecule has 0 unspecified atom stereocenters. The van der Waals surface area contributed by atoms with Crippen molar-refractivity contribution in [3.63, 3.8) is 0 Å². The molecule has 3 rings (SSSR count). The molecule has 1 aromatic heterocycles. The second kappa shape index (κ2) is 9.99. The predicted molar refractivity (Wildman–Crippen MR) is 131 cm³/mol. The summed E-state index contributed by atoms with van der Waals surface area (Å²) in [5.41, 5.74) is 1.03. The number of nitrogens with one attached hydrogen (secondary N) is 3. The van der Waals surface area contributed by atoms with Crippen LogP contribution in [0.3, 0.4) is 0 Å². The Labute approximate surface area is 195 Å². The number of hydrogen-bond acceptors (Lipinski definition) is 6. The molecular weight excluding hydrogens is 452 g/mol. The van der Waals surface area contributed by atoms with Gasteiger partial charge in [-0.15, -0.1) is 11.8 Å². The Bertz CT molecular complexity index is 1100. The minimum Gasteiger partial charge on any atom is -0.313 e. The number of halogens is 1. The SMILES string of the molecule is CC(C)NCC(C)(C)Sc1ccc2nc(NC(=O)NC(=O)c3ccccc3Cl)sc2c1. The number of hydrogen-bond donors (Lipinski definition) is 3. The van der Waals surface area contributed by atoms with Crippen LogP contribution in [0, 0.1) is 0 Å². The number of anilines is 1. The number of urea groups is 1. The van der Waals surface area contributed by atoms with E-state index < -0.39 is 11.9 Å². The number of fused-ring (bicyclic) bond motifs is 1. The summed E-state index contributed by atoms with van der Waals surface area (Å²) in [6.07, 6.45) is 0. The lowest BCUT2D eigenvalue weighted by Gasteiger charge is -2.25. The first-order chi connectivity index (χ1) is 14.6. The molecule has 9 heteroatoms. The zero-order valence-electron chi connectivity index (χ0n) is 17.8. The van der Waals surface area contributed by atoms with Crippen LogP contribution in [0.2, 0.25) is 5.02 Å². The van der Waals surface area contributed by atoms with Crippen molar-refractivity contribution in [2.24, 2.45) is 0 Å². The fourth-order valence-electron chi connectivity index (χ4n) is 2.77. The Balaban J connectivity index is 1.65. The maximum absolute atomic E-state index is 12.2. The van der Waals surface area contributed by atoms with Gasteiger partial charge in [-0.3, -0.25) is 15.4 Å². The predicted octanol–water partition coefficient (Wildman–Crippen LogP) is 5.78. The molecule has 0 saturated heterocycles. The van der Waals surface area contributed by atoms with Crippen LogP contribution in [0.5, 0.6) is 0 Å².